The van der Waals surface area contributed by atoms with Gasteiger partial charge in [0, 0.05) is 17.9 Å². The fourth-order valence-corrected chi connectivity index (χ4v) is 8.37. The van der Waals surface area contributed by atoms with E-state index in [1.807, 2.05) is 20.8 Å². The SMILES string of the molecule is CC(CO)CC[C@H](O)[C@](C)(O)[C@H]1CC[C@@]2(O)C3=CC(=O)[C@@H]4C[C@@H](O)[C@@H](O)C[C@]4(C)[C@H]3CC[C@]12C. The van der Waals surface area contributed by atoms with Gasteiger partial charge in [0.25, 0.3) is 0 Å². The van der Waals surface area contributed by atoms with Gasteiger partial charge in [-0.1, -0.05) is 20.8 Å². The fraction of sp³-hybridized carbons (Fsp3) is 0.889. The highest BCUT2D eigenvalue weighted by molar-refractivity contribution is 5.95. The zero-order valence-electron chi connectivity index (χ0n) is 21.1. The second-order valence-corrected chi connectivity index (χ2v) is 12.7. The zero-order chi connectivity index (χ0) is 25.3. The van der Waals surface area contributed by atoms with Crippen LogP contribution in [0, 0.1) is 34.5 Å². The summed E-state index contributed by atoms with van der Waals surface area (Å²) in [6.45, 7) is 7.59. The van der Waals surface area contributed by atoms with E-state index in [-0.39, 0.29) is 42.5 Å². The summed E-state index contributed by atoms with van der Waals surface area (Å²) in [4.78, 5) is 13.3. The number of aliphatic hydroxyl groups excluding tert-OH is 4. The normalized spacial score (nSPS) is 47.6. The Kier molecular flexibility index (Phi) is 6.66. The van der Waals surface area contributed by atoms with Gasteiger partial charge < -0.3 is 30.6 Å². The number of carbonyl (C=O) groups excluding carboxylic acids is 1. The Morgan fingerprint density at radius 1 is 1.12 bits per heavy atom. The van der Waals surface area contributed by atoms with Gasteiger partial charge in [0.05, 0.1) is 29.5 Å². The molecule has 0 heterocycles. The van der Waals surface area contributed by atoms with Crippen molar-refractivity contribution in [2.24, 2.45) is 34.5 Å². The third-order valence-electron chi connectivity index (χ3n) is 10.7. The number of fused-ring (bicyclic) bond motifs is 5. The molecule has 3 fully saturated rings. The van der Waals surface area contributed by atoms with E-state index in [0.29, 0.717) is 38.5 Å². The van der Waals surface area contributed by atoms with Crippen molar-refractivity contribution in [1.82, 2.24) is 0 Å². The largest absolute Gasteiger partial charge is 0.396 e. The molecule has 11 atom stereocenters. The lowest BCUT2D eigenvalue weighted by Gasteiger charge is -2.60. The van der Waals surface area contributed by atoms with E-state index in [1.165, 1.54) is 0 Å². The molecule has 1 unspecified atom stereocenters. The molecular formula is C27H44O7. The minimum atomic E-state index is -1.42. The molecule has 4 rings (SSSR count). The molecule has 7 nitrogen and oxygen atoms in total. The van der Waals surface area contributed by atoms with Gasteiger partial charge in [-0.25, -0.2) is 0 Å². The van der Waals surface area contributed by atoms with Gasteiger partial charge in [-0.05, 0) is 93.1 Å². The lowest BCUT2D eigenvalue weighted by Crippen LogP contribution is -2.62. The van der Waals surface area contributed by atoms with E-state index in [1.54, 1.807) is 13.0 Å². The Balaban J connectivity index is 1.65. The Morgan fingerprint density at radius 3 is 2.44 bits per heavy atom. The lowest BCUT2D eigenvalue weighted by molar-refractivity contribution is -0.176. The first-order chi connectivity index (χ1) is 15.7. The van der Waals surface area contributed by atoms with Crippen molar-refractivity contribution < 1.29 is 35.4 Å². The van der Waals surface area contributed by atoms with Gasteiger partial charge in [-0.15, -0.1) is 0 Å². The Morgan fingerprint density at radius 2 is 1.79 bits per heavy atom. The fourth-order valence-electron chi connectivity index (χ4n) is 8.37. The molecular weight excluding hydrogens is 436 g/mol. The average molecular weight is 481 g/mol. The third-order valence-corrected chi connectivity index (χ3v) is 10.7. The molecule has 0 aliphatic heterocycles. The van der Waals surface area contributed by atoms with Crippen molar-refractivity contribution in [3.63, 3.8) is 0 Å². The second kappa shape index (κ2) is 8.63. The van der Waals surface area contributed by atoms with Crippen LogP contribution in [-0.4, -0.2) is 72.5 Å². The topological polar surface area (TPSA) is 138 Å². The molecule has 0 spiro atoms. The van der Waals surface area contributed by atoms with Crippen molar-refractivity contribution >= 4 is 5.78 Å². The Hall–Kier alpha value is -0.830. The molecule has 7 heteroatoms. The number of rotatable bonds is 6. The molecule has 194 valence electrons. The summed E-state index contributed by atoms with van der Waals surface area (Å²) in [5.74, 6) is -0.859. The maximum Gasteiger partial charge on any atom is 0.159 e. The molecule has 6 N–H and O–H groups in total. The molecule has 0 aromatic rings. The van der Waals surface area contributed by atoms with Crippen LogP contribution in [-0.2, 0) is 4.79 Å². The standard InChI is InChI=1S/C27H44O7/c1-15(14-28)5-6-23(32)26(4,33)22-8-10-27(34)17-11-19(29)18-12-20(30)21(31)13-24(18,2)16(17)7-9-25(22,27)3/h11,15-16,18,20-23,28,30-34H,5-10,12-14H2,1-4H3/t15?,16-,18-,20+,21-,22-,23-,24+,25+,26+,27+/m0/s1. The lowest BCUT2D eigenvalue weighted by atomic mass is 9.45. The number of aliphatic hydroxyl groups is 6. The molecule has 34 heavy (non-hydrogen) atoms. The van der Waals surface area contributed by atoms with Crippen LogP contribution in [0.5, 0.6) is 0 Å². The van der Waals surface area contributed by atoms with Crippen LogP contribution >= 0.6 is 0 Å². The average Bonchev–Trinajstić information content (AvgIpc) is 3.06. The van der Waals surface area contributed by atoms with Gasteiger partial charge in [0.15, 0.2) is 5.78 Å². The summed E-state index contributed by atoms with van der Waals surface area (Å²) in [7, 11) is 0. The van der Waals surface area contributed by atoms with Crippen LogP contribution in [0.2, 0.25) is 0 Å². The van der Waals surface area contributed by atoms with E-state index in [2.05, 4.69) is 0 Å². The summed E-state index contributed by atoms with van der Waals surface area (Å²) >= 11 is 0. The summed E-state index contributed by atoms with van der Waals surface area (Å²) in [6.07, 6.45) is 2.65. The van der Waals surface area contributed by atoms with Gasteiger partial charge in [-0.2, -0.15) is 0 Å². The maximum atomic E-state index is 13.3. The Bertz CT molecular complexity index is 839. The van der Waals surface area contributed by atoms with Crippen LogP contribution < -0.4 is 0 Å². The van der Waals surface area contributed by atoms with Crippen molar-refractivity contribution in [2.75, 3.05) is 6.61 Å². The van der Waals surface area contributed by atoms with Crippen molar-refractivity contribution in [3.05, 3.63) is 11.6 Å². The molecule has 0 bridgehead atoms. The predicted octanol–water partition coefficient (Wildman–Crippen LogP) is 1.71. The van der Waals surface area contributed by atoms with Crippen molar-refractivity contribution in [3.8, 4) is 0 Å². The minimum Gasteiger partial charge on any atom is -0.396 e. The van der Waals surface area contributed by atoms with Crippen LogP contribution in [0.25, 0.3) is 0 Å². The molecule has 0 saturated heterocycles. The minimum absolute atomic E-state index is 0.0326. The van der Waals surface area contributed by atoms with Gasteiger partial charge in [-0.3, -0.25) is 4.79 Å². The molecule has 0 radical (unpaired) electrons. The first kappa shape index (κ1) is 26.2. The number of hydrogen-bond acceptors (Lipinski definition) is 7. The summed E-state index contributed by atoms with van der Waals surface area (Å²) in [6, 6.07) is 0. The highest BCUT2D eigenvalue weighted by Crippen LogP contribution is 2.68. The van der Waals surface area contributed by atoms with Crippen LogP contribution in [0.1, 0.15) is 79.1 Å². The summed E-state index contributed by atoms with van der Waals surface area (Å²) < 4.78 is 0. The number of allylic oxidation sites excluding steroid dienone is 1. The first-order valence-corrected chi connectivity index (χ1v) is 13.1. The van der Waals surface area contributed by atoms with E-state index in [4.69, 9.17) is 0 Å². The predicted molar refractivity (Wildman–Crippen MR) is 127 cm³/mol. The summed E-state index contributed by atoms with van der Waals surface area (Å²) in [5.41, 5.74) is -3.21. The highest BCUT2D eigenvalue weighted by Gasteiger charge is 2.69. The van der Waals surface area contributed by atoms with Gasteiger partial charge in [0.1, 0.15) is 0 Å². The molecule has 0 amide bonds. The monoisotopic (exact) mass is 480 g/mol. The zero-order valence-corrected chi connectivity index (χ0v) is 21.1. The quantitative estimate of drug-likeness (QED) is 0.340. The molecule has 4 aliphatic carbocycles. The smallest absolute Gasteiger partial charge is 0.159 e. The van der Waals surface area contributed by atoms with Crippen LogP contribution in [0.15, 0.2) is 11.6 Å². The molecule has 0 aromatic carbocycles. The molecule has 3 saturated carbocycles. The first-order valence-electron chi connectivity index (χ1n) is 13.1. The highest BCUT2D eigenvalue weighted by atomic mass is 16.3. The molecule has 0 aromatic heterocycles. The number of ketones is 1. The van der Waals surface area contributed by atoms with E-state index in [0.717, 1.165) is 12.0 Å². The summed E-state index contributed by atoms with van der Waals surface area (Å²) in [5, 5.41) is 64.7. The van der Waals surface area contributed by atoms with Crippen LogP contribution in [0.4, 0.5) is 0 Å². The van der Waals surface area contributed by atoms with Gasteiger partial charge in [0.2, 0.25) is 0 Å². The van der Waals surface area contributed by atoms with E-state index in [9.17, 15) is 35.4 Å². The molecule has 4 aliphatic rings. The van der Waals surface area contributed by atoms with E-state index < -0.39 is 40.3 Å². The Labute approximate surface area is 202 Å². The number of hydrogen-bond donors (Lipinski definition) is 6. The van der Waals surface area contributed by atoms with Crippen molar-refractivity contribution in [2.45, 2.75) is 109 Å². The van der Waals surface area contributed by atoms with Crippen molar-refractivity contribution in [1.29, 1.82) is 0 Å². The third kappa shape index (κ3) is 3.65. The van der Waals surface area contributed by atoms with E-state index >= 15 is 0 Å². The number of carbonyl (C=O) groups is 1. The second-order valence-electron chi connectivity index (χ2n) is 12.7. The van der Waals surface area contributed by atoms with Gasteiger partial charge >= 0.3 is 0 Å². The maximum absolute atomic E-state index is 13.3. The van der Waals surface area contributed by atoms with Crippen LogP contribution in [0.3, 0.4) is 0 Å².